The Hall–Kier alpha value is -1.39. The Morgan fingerprint density at radius 3 is 2.26 bits per heavy atom. The van der Waals surface area contributed by atoms with Crippen molar-refractivity contribution in [2.45, 2.75) is 13.1 Å². The van der Waals surface area contributed by atoms with Crippen LogP contribution in [0.4, 0.5) is 5.69 Å². The second-order valence-corrected chi connectivity index (χ2v) is 5.95. The summed E-state index contributed by atoms with van der Waals surface area (Å²) in [5.74, 6) is 0. The highest BCUT2D eigenvalue weighted by Gasteiger charge is 2.19. The number of hydrogen-bond donors (Lipinski definition) is 1. The van der Waals surface area contributed by atoms with Crippen molar-refractivity contribution in [2.24, 2.45) is 5.73 Å². The molecule has 0 fully saturated rings. The first-order chi connectivity index (χ1) is 9.15. The Morgan fingerprint density at radius 2 is 1.74 bits per heavy atom. The van der Waals surface area contributed by atoms with E-state index in [4.69, 9.17) is 18.0 Å². The van der Waals surface area contributed by atoms with Gasteiger partial charge in [-0.2, -0.15) is 0 Å². The number of rotatable bonds is 2. The van der Waals surface area contributed by atoms with Crippen LogP contribution in [0.3, 0.4) is 0 Å². The number of thiocarbonyl (C=S) groups is 1. The fourth-order valence-corrected chi connectivity index (χ4v) is 3.31. The summed E-state index contributed by atoms with van der Waals surface area (Å²) < 4.78 is 0.952. The summed E-state index contributed by atoms with van der Waals surface area (Å²) in [7, 11) is 0. The summed E-state index contributed by atoms with van der Waals surface area (Å²) >= 11 is 8.55. The zero-order valence-corrected chi connectivity index (χ0v) is 12.7. The Labute approximate surface area is 126 Å². The third kappa shape index (κ3) is 2.38. The number of hydrogen-bond acceptors (Lipinski definition) is 2. The molecule has 0 saturated heterocycles. The molecule has 0 aliphatic carbocycles. The lowest BCUT2D eigenvalue weighted by atomic mass is 10.1. The fraction of sp³-hybridized carbons (Fsp3) is 0.133. The van der Waals surface area contributed by atoms with E-state index >= 15 is 0 Å². The number of nitrogens with zero attached hydrogens (tertiary/aromatic N) is 1. The minimum absolute atomic E-state index is 0.420. The topological polar surface area (TPSA) is 29.3 Å². The second kappa shape index (κ2) is 4.94. The molecule has 3 rings (SSSR count). The van der Waals surface area contributed by atoms with E-state index in [0.29, 0.717) is 4.99 Å². The van der Waals surface area contributed by atoms with Gasteiger partial charge in [0, 0.05) is 28.8 Å². The van der Waals surface area contributed by atoms with Crippen LogP contribution < -0.4 is 10.6 Å². The number of nitrogens with two attached hydrogens (primary N) is 1. The van der Waals surface area contributed by atoms with Gasteiger partial charge in [0.1, 0.15) is 4.99 Å². The first-order valence-corrected chi connectivity index (χ1v) is 7.26. The first kappa shape index (κ1) is 12.6. The zero-order chi connectivity index (χ0) is 13.4. The Bertz CT molecular complexity index is 629. The number of fused-ring (bicyclic) bond motifs is 1. The first-order valence-electron chi connectivity index (χ1n) is 6.06. The van der Waals surface area contributed by atoms with Crippen molar-refractivity contribution < 1.29 is 0 Å². The van der Waals surface area contributed by atoms with Gasteiger partial charge in [-0.15, -0.1) is 0 Å². The molecule has 0 saturated carbocycles. The van der Waals surface area contributed by atoms with E-state index in [-0.39, 0.29) is 0 Å². The standard InChI is InChI=1S/C15H13BrN2S/c16-14-7-12(5-6-13(14)15(17)19)18-8-10-3-1-2-4-11(10)9-18/h1-7H,8-9H2,(H2,17,19). The van der Waals surface area contributed by atoms with E-state index in [1.807, 2.05) is 6.07 Å². The van der Waals surface area contributed by atoms with Crippen LogP contribution in [0.2, 0.25) is 0 Å². The van der Waals surface area contributed by atoms with Gasteiger partial charge < -0.3 is 10.6 Å². The van der Waals surface area contributed by atoms with Crippen LogP contribution in [0.25, 0.3) is 0 Å². The van der Waals surface area contributed by atoms with Crippen LogP contribution in [0, 0.1) is 0 Å². The maximum Gasteiger partial charge on any atom is 0.105 e. The highest BCUT2D eigenvalue weighted by atomic mass is 79.9. The smallest absolute Gasteiger partial charge is 0.105 e. The highest BCUT2D eigenvalue weighted by molar-refractivity contribution is 9.10. The summed E-state index contributed by atoms with van der Waals surface area (Å²) in [6, 6.07) is 14.7. The van der Waals surface area contributed by atoms with E-state index in [2.05, 4.69) is 57.2 Å². The Kier molecular flexibility index (Phi) is 3.29. The second-order valence-electron chi connectivity index (χ2n) is 4.65. The lowest BCUT2D eigenvalue weighted by molar-refractivity contribution is 0.880. The minimum atomic E-state index is 0.420. The summed E-state index contributed by atoms with van der Waals surface area (Å²) in [5, 5.41) is 0. The molecule has 2 aromatic rings. The number of anilines is 1. The molecule has 4 heteroatoms. The van der Waals surface area contributed by atoms with Crippen molar-refractivity contribution in [3.63, 3.8) is 0 Å². The molecule has 1 heterocycles. The summed E-state index contributed by atoms with van der Waals surface area (Å²) in [6.07, 6.45) is 0. The van der Waals surface area contributed by atoms with Crippen LogP contribution in [-0.4, -0.2) is 4.99 Å². The van der Waals surface area contributed by atoms with Crippen LogP contribution in [0.5, 0.6) is 0 Å². The largest absolute Gasteiger partial charge is 0.389 e. The maximum atomic E-state index is 5.67. The third-order valence-electron chi connectivity index (χ3n) is 3.42. The monoisotopic (exact) mass is 332 g/mol. The van der Waals surface area contributed by atoms with Gasteiger partial charge in [0.25, 0.3) is 0 Å². The lowest BCUT2D eigenvalue weighted by Gasteiger charge is -2.18. The van der Waals surface area contributed by atoms with Gasteiger partial charge in [-0.1, -0.05) is 36.5 Å². The van der Waals surface area contributed by atoms with Gasteiger partial charge in [0.05, 0.1) is 0 Å². The Morgan fingerprint density at radius 1 is 1.11 bits per heavy atom. The molecule has 2 N–H and O–H groups in total. The molecule has 1 aliphatic heterocycles. The van der Waals surface area contributed by atoms with E-state index in [1.165, 1.54) is 16.8 Å². The summed E-state index contributed by atoms with van der Waals surface area (Å²) in [5.41, 5.74) is 10.5. The van der Waals surface area contributed by atoms with Crippen molar-refractivity contribution >= 4 is 38.8 Å². The molecule has 19 heavy (non-hydrogen) atoms. The minimum Gasteiger partial charge on any atom is -0.389 e. The van der Waals surface area contributed by atoms with Gasteiger partial charge in [-0.3, -0.25) is 0 Å². The highest BCUT2D eigenvalue weighted by Crippen LogP contribution is 2.31. The van der Waals surface area contributed by atoms with Crippen LogP contribution >= 0.6 is 28.1 Å². The summed E-state index contributed by atoms with van der Waals surface area (Å²) in [4.78, 5) is 2.77. The molecular weight excluding hydrogens is 320 g/mol. The van der Waals surface area contributed by atoms with Gasteiger partial charge in [0.15, 0.2) is 0 Å². The van der Waals surface area contributed by atoms with E-state index in [0.717, 1.165) is 23.1 Å². The predicted molar refractivity (Wildman–Crippen MR) is 86.4 cm³/mol. The molecule has 0 bridgehead atoms. The third-order valence-corrected chi connectivity index (χ3v) is 4.30. The molecule has 2 nitrogen and oxygen atoms in total. The Balaban J connectivity index is 1.90. The number of halogens is 1. The molecule has 0 aromatic heterocycles. The summed E-state index contributed by atoms with van der Waals surface area (Å²) in [6.45, 7) is 1.91. The van der Waals surface area contributed by atoms with Crippen molar-refractivity contribution in [3.05, 3.63) is 63.6 Å². The van der Waals surface area contributed by atoms with Crippen molar-refractivity contribution in [2.75, 3.05) is 4.90 Å². The molecular formula is C15H13BrN2S. The van der Waals surface area contributed by atoms with E-state index in [9.17, 15) is 0 Å². The molecule has 0 spiro atoms. The van der Waals surface area contributed by atoms with Gasteiger partial charge in [-0.05, 0) is 45.3 Å². The normalized spacial score (nSPS) is 13.4. The van der Waals surface area contributed by atoms with Crippen LogP contribution in [-0.2, 0) is 13.1 Å². The molecule has 0 atom stereocenters. The van der Waals surface area contributed by atoms with E-state index < -0.39 is 0 Å². The fourth-order valence-electron chi connectivity index (χ4n) is 2.42. The van der Waals surface area contributed by atoms with Gasteiger partial charge in [0.2, 0.25) is 0 Å². The molecule has 1 aliphatic rings. The molecule has 0 radical (unpaired) electrons. The van der Waals surface area contributed by atoms with Crippen LogP contribution in [0.1, 0.15) is 16.7 Å². The average molecular weight is 333 g/mol. The lowest BCUT2D eigenvalue weighted by Crippen LogP contribution is -2.15. The maximum absolute atomic E-state index is 5.67. The van der Waals surface area contributed by atoms with E-state index in [1.54, 1.807) is 0 Å². The number of benzene rings is 2. The van der Waals surface area contributed by atoms with Crippen molar-refractivity contribution in [1.29, 1.82) is 0 Å². The molecule has 96 valence electrons. The van der Waals surface area contributed by atoms with Gasteiger partial charge >= 0.3 is 0 Å². The van der Waals surface area contributed by atoms with Crippen molar-refractivity contribution in [3.8, 4) is 0 Å². The quantitative estimate of drug-likeness (QED) is 0.852. The van der Waals surface area contributed by atoms with Crippen molar-refractivity contribution in [1.82, 2.24) is 0 Å². The molecule has 0 amide bonds. The molecule has 0 unspecified atom stereocenters. The molecule has 2 aromatic carbocycles. The SMILES string of the molecule is NC(=S)c1ccc(N2Cc3ccccc3C2)cc1Br. The average Bonchev–Trinajstić information content (AvgIpc) is 2.81. The zero-order valence-electron chi connectivity index (χ0n) is 10.3. The van der Waals surface area contributed by atoms with Crippen LogP contribution in [0.15, 0.2) is 46.9 Å². The van der Waals surface area contributed by atoms with Gasteiger partial charge in [-0.25, -0.2) is 0 Å². The predicted octanol–water partition coefficient (Wildman–Crippen LogP) is 3.60.